The number of thiazole rings is 1. The van der Waals surface area contributed by atoms with Crippen LogP contribution in [0.5, 0.6) is 0 Å². The molecule has 1 aliphatic rings. The third-order valence-corrected chi connectivity index (χ3v) is 6.63. The van der Waals surface area contributed by atoms with Gasteiger partial charge in [0, 0.05) is 18.0 Å². The van der Waals surface area contributed by atoms with Crippen LogP contribution in [0.15, 0.2) is 52.6 Å². The first kappa shape index (κ1) is 20.3. The predicted octanol–water partition coefficient (Wildman–Crippen LogP) is 1.76. The summed E-state index contributed by atoms with van der Waals surface area (Å²) in [6, 6.07) is 14.9. The number of carbonyl (C=O) groups excluding carboxylic acids is 1. The van der Waals surface area contributed by atoms with Crippen LogP contribution in [0.2, 0.25) is 0 Å². The fraction of sp³-hybridized carbons (Fsp3) is 0.227. The summed E-state index contributed by atoms with van der Waals surface area (Å²) >= 11 is 2.67. The summed E-state index contributed by atoms with van der Waals surface area (Å²) in [5, 5.41) is 14.5. The number of benzene rings is 1. The highest BCUT2D eigenvalue weighted by Crippen LogP contribution is 2.11. The molecular weight excluding hydrogens is 418 g/mol. The van der Waals surface area contributed by atoms with Crippen LogP contribution < -0.4 is 20.1 Å². The van der Waals surface area contributed by atoms with Crippen molar-refractivity contribution >= 4 is 40.2 Å². The van der Waals surface area contributed by atoms with E-state index in [2.05, 4.69) is 5.32 Å². The van der Waals surface area contributed by atoms with Gasteiger partial charge in [0.05, 0.1) is 16.3 Å². The minimum Gasteiger partial charge on any atom is -0.376 e. The molecule has 1 amide bonds. The van der Waals surface area contributed by atoms with E-state index in [0.717, 1.165) is 29.1 Å². The Morgan fingerprint density at radius 2 is 2.13 bits per heavy atom. The van der Waals surface area contributed by atoms with E-state index in [1.54, 1.807) is 18.2 Å². The molecule has 0 saturated carbocycles. The Kier molecular flexibility index (Phi) is 6.23. The van der Waals surface area contributed by atoms with Gasteiger partial charge >= 0.3 is 0 Å². The van der Waals surface area contributed by atoms with E-state index in [1.807, 2.05) is 41.8 Å². The minimum atomic E-state index is -0.499. The van der Waals surface area contributed by atoms with Crippen molar-refractivity contribution in [1.82, 2.24) is 9.88 Å². The van der Waals surface area contributed by atoms with Crippen LogP contribution in [0.25, 0.3) is 17.3 Å². The van der Waals surface area contributed by atoms with Gasteiger partial charge in [0.25, 0.3) is 11.5 Å². The third kappa shape index (κ3) is 4.28. The molecule has 3 aromatic rings. The maximum Gasteiger partial charge on any atom is 0.273 e. The molecule has 1 aromatic carbocycles. The first-order valence-electron chi connectivity index (χ1n) is 9.54. The molecule has 1 fully saturated rings. The number of hydrogen-bond acceptors (Lipinski definition) is 6. The molecule has 0 bridgehead atoms. The highest BCUT2D eigenvalue weighted by molar-refractivity contribution is 7.11. The molecule has 1 atom stereocenters. The van der Waals surface area contributed by atoms with E-state index < -0.39 is 5.91 Å². The van der Waals surface area contributed by atoms with E-state index in [-0.39, 0.29) is 17.2 Å². The second-order valence-electron chi connectivity index (χ2n) is 6.74. The van der Waals surface area contributed by atoms with Crippen molar-refractivity contribution in [2.24, 2.45) is 0 Å². The molecule has 1 N–H and O–H groups in total. The smallest absolute Gasteiger partial charge is 0.273 e. The Bertz CT molecular complexity index is 1250. The number of thiophene rings is 1. The summed E-state index contributed by atoms with van der Waals surface area (Å²) in [5.41, 5.74) is 0.276. The van der Waals surface area contributed by atoms with Gasteiger partial charge in [-0.3, -0.25) is 14.2 Å². The minimum absolute atomic E-state index is 0.0312. The van der Waals surface area contributed by atoms with Gasteiger partial charge in [-0.2, -0.15) is 5.26 Å². The second-order valence-corrected chi connectivity index (χ2v) is 8.75. The number of hydrogen-bond donors (Lipinski definition) is 1. The summed E-state index contributed by atoms with van der Waals surface area (Å²) in [5.74, 6) is -0.499. The highest BCUT2D eigenvalue weighted by Gasteiger charge is 2.20. The number of aromatic nitrogens is 1. The largest absolute Gasteiger partial charge is 0.376 e. The van der Waals surface area contributed by atoms with Crippen LogP contribution in [-0.4, -0.2) is 29.7 Å². The Morgan fingerprint density at radius 1 is 1.30 bits per heavy atom. The van der Waals surface area contributed by atoms with E-state index in [0.29, 0.717) is 28.0 Å². The molecule has 152 valence electrons. The van der Waals surface area contributed by atoms with Crippen molar-refractivity contribution in [2.45, 2.75) is 18.9 Å². The topological polar surface area (TPSA) is 84.1 Å². The number of nitrogens with zero attached hydrogens (tertiary/aromatic N) is 2. The van der Waals surface area contributed by atoms with Crippen molar-refractivity contribution in [2.75, 3.05) is 13.2 Å². The lowest BCUT2D eigenvalue weighted by Crippen LogP contribution is -2.36. The van der Waals surface area contributed by atoms with Crippen LogP contribution in [0.1, 0.15) is 17.7 Å². The summed E-state index contributed by atoms with van der Waals surface area (Å²) < 4.78 is 7.76. The zero-order valence-corrected chi connectivity index (χ0v) is 17.7. The maximum absolute atomic E-state index is 13.2. The summed E-state index contributed by atoms with van der Waals surface area (Å²) in [6.45, 7) is 1.04. The lowest BCUT2D eigenvalue weighted by Gasteiger charge is -2.10. The van der Waals surface area contributed by atoms with Gasteiger partial charge in [-0.1, -0.05) is 24.3 Å². The Labute approximate surface area is 181 Å². The molecule has 4 rings (SSSR count). The van der Waals surface area contributed by atoms with E-state index in [9.17, 15) is 14.9 Å². The Hall–Kier alpha value is -2.99. The maximum atomic E-state index is 13.2. The average Bonchev–Trinajstić information content (AvgIpc) is 3.51. The van der Waals surface area contributed by atoms with E-state index in [4.69, 9.17) is 4.74 Å². The molecule has 2 aromatic heterocycles. The standard InChI is InChI=1S/C22H19N3O3S2/c23-13-18(20(26)24-14-16-8-4-10-28-16)22-25(15-6-2-1-3-7-15)21(27)19(30-22)12-17-9-5-11-29-17/h1-3,5-7,9,11-12,16H,4,8,10,14H2,(H,24,26)/b19-12-,22-18-. The number of rotatable bonds is 5. The van der Waals surface area contributed by atoms with Gasteiger partial charge < -0.3 is 10.1 Å². The summed E-state index contributed by atoms with van der Waals surface area (Å²) in [6.07, 6.45) is 3.61. The van der Waals surface area contributed by atoms with Crippen molar-refractivity contribution in [3.8, 4) is 11.8 Å². The average molecular weight is 438 g/mol. The lowest BCUT2D eigenvalue weighted by molar-refractivity contribution is -0.116. The Balaban J connectivity index is 1.85. The quantitative estimate of drug-likeness (QED) is 0.659. The first-order valence-corrected chi connectivity index (χ1v) is 11.2. The zero-order valence-electron chi connectivity index (χ0n) is 16.0. The lowest BCUT2D eigenvalue weighted by atomic mass is 10.2. The molecule has 1 saturated heterocycles. The first-order chi connectivity index (χ1) is 14.7. The molecule has 30 heavy (non-hydrogen) atoms. The molecular formula is C22H19N3O3S2. The van der Waals surface area contributed by atoms with Gasteiger partial charge in [0.1, 0.15) is 10.7 Å². The third-order valence-electron chi connectivity index (χ3n) is 4.72. The zero-order chi connectivity index (χ0) is 20.9. The number of amides is 1. The SMILES string of the molecule is N#C/C(C(=O)NCC1CCCO1)=c1/s/c(=C\c2cccs2)c(=O)n1-c1ccccc1. The molecule has 0 spiro atoms. The molecule has 6 nitrogen and oxygen atoms in total. The van der Waals surface area contributed by atoms with E-state index in [1.165, 1.54) is 15.9 Å². The van der Waals surface area contributed by atoms with Crippen LogP contribution in [0.3, 0.4) is 0 Å². The van der Waals surface area contributed by atoms with Gasteiger partial charge in [-0.15, -0.1) is 22.7 Å². The fourth-order valence-corrected chi connectivity index (χ4v) is 5.08. The molecule has 1 unspecified atom stereocenters. The number of nitrogens with one attached hydrogen (secondary N) is 1. The van der Waals surface area contributed by atoms with Crippen molar-refractivity contribution in [3.63, 3.8) is 0 Å². The normalized spacial score (nSPS) is 17.6. The highest BCUT2D eigenvalue weighted by atomic mass is 32.1. The number of carbonyl (C=O) groups is 1. The van der Waals surface area contributed by atoms with Crippen LogP contribution in [0, 0.1) is 11.3 Å². The van der Waals surface area contributed by atoms with Gasteiger partial charge in [0.15, 0.2) is 5.57 Å². The van der Waals surface area contributed by atoms with Crippen LogP contribution in [-0.2, 0) is 9.53 Å². The van der Waals surface area contributed by atoms with Crippen molar-refractivity contribution in [3.05, 3.63) is 72.3 Å². The van der Waals surface area contributed by atoms with Gasteiger partial charge in [-0.05, 0) is 42.5 Å². The molecule has 0 radical (unpaired) electrons. The monoisotopic (exact) mass is 437 g/mol. The molecule has 8 heteroatoms. The van der Waals surface area contributed by atoms with E-state index >= 15 is 0 Å². The Morgan fingerprint density at radius 3 is 2.80 bits per heavy atom. The molecule has 1 aliphatic heterocycles. The molecule has 3 heterocycles. The number of nitriles is 1. The van der Waals surface area contributed by atoms with Crippen LogP contribution in [0.4, 0.5) is 0 Å². The van der Waals surface area contributed by atoms with Gasteiger partial charge in [-0.25, -0.2) is 0 Å². The second kappa shape index (κ2) is 9.22. The van der Waals surface area contributed by atoms with Crippen molar-refractivity contribution < 1.29 is 9.53 Å². The number of para-hydroxylation sites is 1. The van der Waals surface area contributed by atoms with Gasteiger partial charge in [0.2, 0.25) is 0 Å². The molecule has 0 aliphatic carbocycles. The summed E-state index contributed by atoms with van der Waals surface area (Å²) in [7, 11) is 0. The number of ether oxygens (including phenoxy) is 1. The van der Waals surface area contributed by atoms with Crippen LogP contribution >= 0.6 is 22.7 Å². The van der Waals surface area contributed by atoms with Crippen molar-refractivity contribution in [1.29, 1.82) is 5.26 Å². The predicted molar refractivity (Wildman–Crippen MR) is 118 cm³/mol. The summed E-state index contributed by atoms with van der Waals surface area (Å²) in [4.78, 5) is 26.9. The fourth-order valence-electron chi connectivity index (χ4n) is 3.26.